The van der Waals surface area contributed by atoms with Gasteiger partial charge in [-0.1, -0.05) is 12.8 Å². The van der Waals surface area contributed by atoms with E-state index in [-0.39, 0.29) is 17.8 Å². The first-order chi connectivity index (χ1) is 14.1. The van der Waals surface area contributed by atoms with Crippen molar-refractivity contribution < 1.29 is 14.3 Å². The Bertz CT molecular complexity index is 699. The summed E-state index contributed by atoms with van der Waals surface area (Å²) in [6.45, 7) is 6.19. The van der Waals surface area contributed by atoms with E-state index in [1.54, 1.807) is 13.0 Å². The van der Waals surface area contributed by atoms with E-state index in [4.69, 9.17) is 4.74 Å². The van der Waals surface area contributed by atoms with Crippen LogP contribution in [0.5, 0.6) is 0 Å². The Morgan fingerprint density at radius 1 is 1.10 bits per heavy atom. The van der Waals surface area contributed by atoms with Crippen molar-refractivity contribution in [1.29, 1.82) is 0 Å². The molecule has 0 spiro atoms. The van der Waals surface area contributed by atoms with Crippen LogP contribution in [0.1, 0.15) is 78.3 Å². The number of hydrogen-bond acceptors (Lipinski definition) is 5. The summed E-state index contributed by atoms with van der Waals surface area (Å²) in [5.74, 6) is 0.644. The monoisotopic (exact) mass is 418 g/mol. The summed E-state index contributed by atoms with van der Waals surface area (Å²) >= 11 is 1.37. The number of carbonyl (C=O) groups is 2. The first kappa shape index (κ1) is 21.0. The van der Waals surface area contributed by atoms with E-state index >= 15 is 0 Å². The number of ether oxygens (including phenoxy) is 1. The Labute approximate surface area is 178 Å². The maximum Gasteiger partial charge on any atom is 0.254 e. The Morgan fingerprint density at radius 2 is 1.86 bits per heavy atom. The fraction of sp³-hybridized carbons (Fsp3) is 0.739. The molecule has 3 aliphatic rings. The van der Waals surface area contributed by atoms with Crippen LogP contribution in [0.3, 0.4) is 0 Å². The highest BCUT2D eigenvalue weighted by Crippen LogP contribution is 2.29. The predicted octanol–water partition coefficient (Wildman–Crippen LogP) is 4.23. The molecule has 160 valence electrons. The van der Waals surface area contributed by atoms with Crippen molar-refractivity contribution in [3.8, 4) is 0 Å². The van der Waals surface area contributed by atoms with E-state index in [1.165, 1.54) is 63.0 Å². The average Bonchev–Trinajstić information content (AvgIpc) is 3.50. The maximum atomic E-state index is 13.3. The highest BCUT2D eigenvalue weighted by molar-refractivity contribution is 7.12. The number of likely N-dealkylation sites (tertiary alicyclic amines) is 1. The molecule has 3 heterocycles. The number of rotatable bonds is 7. The van der Waals surface area contributed by atoms with E-state index in [1.807, 2.05) is 10.3 Å². The lowest BCUT2D eigenvalue weighted by Crippen LogP contribution is -2.45. The van der Waals surface area contributed by atoms with Gasteiger partial charge in [0.1, 0.15) is 0 Å². The zero-order valence-electron chi connectivity index (χ0n) is 17.6. The molecule has 0 radical (unpaired) electrons. The third-order valence-corrected chi connectivity index (χ3v) is 7.93. The Morgan fingerprint density at radius 3 is 2.48 bits per heavy atom. The van der Waals surface area contributed by atoms with Gasteiger partial charge in [0, 0.05) is 31.1 Å². The first-order valence-corrected chi connectivity index (χ1v) is 12.2. The molecule has 0 bridgehead atoms. The van der Waals surface area contributed by atoms with Crippen LogP contribution < -0.4 is 0 Å². The first-order valence-electron chi connectivity index (χ1n) is 11.3. The topological polar surface area (TPSA) is 49.9 Å². The zero-order valence-corrected chi connectivity index (χ0v) is 18.4. The molecule has 2 aliphatic heterocycles. The van der Waals surface area contributed by atoms with Crippen molar-refractivity contribution in [3.63, 3.8) is 0 Å². The number of carbonyl (C=O) groups excluding carboxylic acids is 2. The van der Waals surface area contributed by atoms with Crippen molar-refractivity contribution in [3.05, 3.63) is 21.9 Å². The van der Waals surface area contributed by atoms with Crippen molar-refractivity contribution in [1.82, 2.24) is 9.80 Å². The number of thiophene rings is 1. The molecule has 4 rings (SSSR count). The summed E-state index contributed by atoms with van der Waals surface area (Å²) in [6, 6.07) is 2.57. The van der Waals surface area contributed by atoms with E-state index in [2.05, 4.69) is 4.90 Å². The minimum atomic E-state index is 0.0269. The van der Waals surface area contributed by atoms with Crippen LogP contribution in [-0.2, 0) is 4.74 Å². The number of amides is 1. The summed E-state index contributed by atoms with van der Waals surface area (Å²) < 4.78 is 5.83. The molecule has 1 atom stereocenters. The SMILES string of the molecule is CC(=O)c1cc(C(=O)N(CC2CCN(C3CCCC3)CC2)CC2CCCO2)cs1. The number of nitrogens with zero attached hydrogens (tertiary/aromatic N) is 2. The fourth-order valence-electron chi connectivity index (χ4n) is 5.17. The molecule has 2 saturated heterocycles. The highest BCUT2D eigenvalue weighted by atomic mass is 32.1. The predicted molar refractivity (Wildman–Crippen MR) is 116 cm³/mol. The second-order valence-corrected chi connectivity index (χ2v) is 9.93. The standard InChI is InChI=1S/C23H34N2O3S/c1-17(26)22-13-19(16-29-22)23(27)25(15-21-7-4-12-28-21)14-18-8-10-24(11-9-18)20-5-2-3-6-20/h13,16,18,20-21H,2-12,14-15H2,1H3. The van der Waals surface area contributed by atoms with E-state index in [0.29, 0.717) is 22.9 Å². The van der Waals surface area contributed by atoms with Crippen LogP contribution in [-0.4, -0.2) is 66.4 Å². The van der Waals surface area contributed by atoms with Gasteiger partial charge in [0.15, 0.2) is 5.78 Å². The van der Waals surface area contributed by atoms with Gasteiger partial charge in [0.2, 0.25) is 0 Å². The van der Waals surface area contributed by atoms with Crippen LogP contribution >= 0.6 is 11.3 Å². The Balaban J connectivity index is 1.38. The molecule has 29 heavy (non-hydrogen) atoms. The molecule has 1 unspecified atom stereocenters. The van der Waals surface area contributed by atoms with Crippen LogP contribution in [0.2, 0.25) is 0 Å². The lowest BCUT2D eigenvalue weighted by atomic mass is 9.94. The minimum Gasteiger partial charge on any atom is -0.376 e. The second-order valence-electron chi connectivity index (χ2n) is 9.02. The quantitative estimate of drug-likeness (QED) is 0.622. The zero-order chi connectivity index (χ0) is 20.2. The molecule has 1 aromatic rings. The van der Waals surface area contributed by atoms with Crippen LogP contribution in [0, 0.1) is 5.92 Å². The number of Topliss-reactive ketones (excluding diaryl/α,β-unsaturated/α-hetero) is 1. The molecule has 6 heteroatoms. The van der Waals surface area contributed by atoms with Crippen LogP contribution in [0.25, 0.3) is 0 Å². The molecule has 0 aromatic carbocycles. The molecular weight excluding hydrogens is 384 g/mol. The second kappa shape index (κ2) is 9.71. The summed E-state index contributed by atoms with van der Waals surface area (Å²) in [5.41, 5.74) is 0.654. The molecule has 1 aromatic heterocycles. The molecule has 1 saturated carbocycles. The van der Waals surface area contributed by atoms with Gasteiger partial charge < -0.3 is 14.5 Å². The number of piperidine rings is 1. The number of ketones is 1. The van der Waals surface area contributed by atoms with Gasteiger partial charge in [-0.05, 0) is 70.5 Å². The molecule has 1 amide bonds. The normalized spacial score (nSPS) is 24.2. The van der Waals surface area contributed by atoms with Gasteiger partial charge in [-0.3, -0.25) is 9.59 Å². The maximum absolute atomic E-state index is 13.3. The van der Waals surface area contributed by atoms with E-state index in [0.717, 1.165) is 32.0 Å². The fourth-order valence-corrected chi connectivity index (χ4v) is 5.96. The summed E-state index contributed by atoms with van der Waals surface area (Å²) in [7, 11) is 0. The van der Waals surface area contributed by atoms with Gasteiger partial charge >= 0.3 is 0 Å². The number of hydrogen-bond donors (Lipinski definition) is 0. The molecule has 5 nitrogen and oxygen atoms in total. The van der Waals surface area contributed by atoms with Crippen molar-refractivity contribution >= 4 is 23.0 Å². The lowest BCUT2D eigenvalue weighted by molar-refractivity contribution is 0.0429. The Kier molecular flexibility index (Phi) is 7.04. The average molecular weight is 419 g/mol. The van der Waals surface area contributed by atoms with Gasteiger partial charge in [-0.15, -0.1) is 11.3 Å². The van der Waals surface area contributed by atoms with Gasteiger partial charge in [0.05, 0.1) is 16.5 Å². The van der Waals surface area contributed by atoms with Crippen LogP contribution in [0.4, 0.5) is 0 Å². The van der Waals surface area contributed by atoms with Crippen molar-refractivity contribution in [2.75, 3.05) is 32.8 Å². The molecule has 1 aliphatic carbocycles. The van der Waals surface area contributed by atoms with Crippen molar-refractivity contribution in [2.45, 2.75) is 70.4 Å². The van der Waals surface area contributed by atoms with Crippen molar-refractivity contribution in [2.24, 2.45) is 5.92 Å². The third kappa shape index (κ3) is 5.28. The smallest absolute Gasteiger partial charge is 0.254 e. The lowest BCUT2D eigenvalue weighted by Gasteiger charge is -2.38. The summed E-state index contributed by atoms with van der Waals surface area (Å²) in [6.07, 6.45) is 10.1. The highest BCUT2D eigenvalue weighted by Gasteiger charge is 2.30. The Hall–Kier alpha value is -1.24. The van der Waals surface area contributed by atoms with Gasteiger partial charge in [0.25, 0.3) is 5.91 Å². The largest absolute Gasteiger partial charge is 0.376 e. The molecule has 3 fully saturated rings. The molecular formula is C23H34N2O3S. The van der Waals surface area contributed by atoms with Gasteiger partial charge in [-0.25, -0.2) is 0 Å². The minimum absolute atomic E-state index is 0.0269. The van der Waals surface area contributed by atoms with E-state index in [9.17, 15) is 9.59 Å². The molecule has 0 N–H and O–H groups in total. The van der Waals surface area contributed by atoms with Gasteiger partial charge in [-0.2, -0.15) is 0 Å². The third-order valence-electron chi connectivity index (χ3n) is 6.90. The summed E-state index contributed by atoms with van der Waals surface area (Å²) in [4.78, 5) is 30.3. The van der Waals surface area contributed by atoms with Crippen LogP contribution in [0.15, 0.2) is 11.4 Å². The van der Waals surface area contributed by atoms with E-state index < -0.39 is 0 Å². The summed E-state index contributed by atoms with van der Waals surface area (Å²) in [5, 5.41) is 1.84.